The molecular weight excluding hydrogens is 766 g/mol. The van der Waals surface area contributed by atoms with Crippen LogP contribution in [0.15, 0.2) is 137 Å². The Labute approximate surface area is 332 Å². The van der Waals surface area contributed by atoms with Gasteiger partial charge in [0.25, 0.3) is 20.2 Å². The molecule has 2 atom stereocenters. The number of likely N-dealkylation sites (N-methyl/N-ethyl adjacent to an activating group) is 1. The van der Waals surface area contributed by atoms with Gasteiger partial charge in [0.05, 0.1) is 21.2 Å². The lowest BCUT2D eigenvalue weighted by Gasteiger charge is -2.41. The van der Waals surface area contributed by atoms with Crippen molar-refractivity contribution in [3.05, 3.63) is 144 Å². The van der Waals surface area contributed by atoms with Crippen LogP contribution in [-0.2, 0) is 20.2 Å². The van der Waals surface area contributed by atoms with Crippen LogP contribution >= 0.6 is 0 Å². The van der Waals surface area contributed by atoms with E-state index in [0.717, 1.165) is 60.7 Å². The van der Waals surface area contributed by atoms with Crippen molar-refractivity contribution in [1.29, 1.82) is 0 Å². The van der Waals surface area contributed by atoms with Crippen molar-refractivity contribution >= 4 is 58.9 Å². The Balaban J connectivity index is 0.000000148. The Morgan fingerprint density at radius 1 is 0.702 bits per heavy atom. The van der Waals surface area contributed by atoms with Gasteiger partial charge in [-0.3, -0.25) is 13.9 Å². The predicted octanol–water partition coefficient (Wildman–Crippen LogP) is 8.09. The summed E-state index contributed by atoms with van der Waals surface area (Å²) >= 11 is 0. The standard InChI is InChI=1S/C24H28FN3O.2C10H8O3S/c1-26-14-15-28-21-11-13-27(16-20(21)19-4-2-5-22(26)24(19)28)12-3-6-23(29)17-7-9-18(25)10-8-17;2*11-14(12,13)10-6-5-8-3-1-2-4-9(8)7-10/h2,4-5,7-10,20-21H,3,6,11-16H2,1H3;2*1-7H,(H,11,12,13)/t20-,21-;;/m0../s1. The molecule has 13 heteroatoms. The minimum atomic E-state index is -4.09. The van der Waals surface area contributed by atoms with Crippen molar-refractivity contribution in [1.82, 2.24) is 4.90 Å². The van der Waals surface area contributed by atoms with Gasteiger partial charge < -0.3 is 14.7 Å². The number of fused-ring (bicyclic) bond motifs is 5. The van der Waals surface area contributed by atoms with Gasteiger partial charge in [-0.2, -0.15) is 16.8 Å². The molecule has 0 aliphatic carbocycles. The summed E-state index contributed by atoms with van der Waals surface area (Å²) in [5, 5.41) is 3.48. The smallest absolute Gasteiger partial charge is 0.294 e. The van der Waals surface area contributed by atoms with E-state index in [1.165, 1.54) is 59.8 Å². The number of piperidine rings is 1. The molecule has 0 bridgehead atoms. The minimum absolute atomic E-state index is 0.0730. The third-order valence-corrected chi connectivity index (χ3v) is 12.7. The highest BCUT2D eigenvalue weighted by molar-refractivity contribution is 7.86. The topological polar surface area (TPSA) is 136 Å². The number of hydrogen-bond donors (Lipinski definition) is 2. The van der Waals surface area contributed by atoms with Crippen molar-refractivity contribution in [2.45, 2.75) is 41.0 Å². The zero-order valence-corrected chi connectivity index (χ0v) is 33.0. The summed E-state index contributed by atoms with van der Waals surface area (Å²) in [4.78, 5) is 19.8. The van der Waals surface area contributed by atoms with Crippen LogP contribution in [-0.4, -0.2) is 82.4 Å². The molecule has 3 aliphatic heterocycles. The lowest BCUT2D eigenvalue weighted by Crippen LogP contribution is -2.49. The van der Waals surface area contributed by atoms with E-state index in [-0.39, 0.29) is 21.4 Å². The van der Waals surface area contributed by atoms with E-state index in [9.17, 15) is 26.0 Å². The van der Waals surface area contributed by atoms with E-state index in [1.807, 2.05) is 36.4 Å². The van der Waals surface area contributed by atoms with E-state index in [2.05, 4.69) is 39.9 Å². The van der Waals surface area contributed by atoms with Crippen LogP contribution in [0.5, 0.6) is 0 Å². The Kier molecular flexibility index (Phi) is 11.8. The summed E-state index contributed by atoms with van der Waals surface area (Å²) in [5.74, 6) is 0.377. The molecule has 2 N–H and O–H groups in total. The molecule has 1 fully saturated rings. The number of halogens is 1. The second-order valence-electron chi connectivity index (χ2n) is 14.6. The number of carbonyl (C=O) groups excluding carboxylic acids is 1. The van der Waals surface area contributed by atoms with Gasteiger partial charge >= 0.3 is 0 Å². The van der Waals surface area contributed by atoms with Crippen LogP contribution in [0.3, 0.4) is 0 Å². The van der Waals surface area contributed by atoms with Crippen LogP contribution in [0.2, 0.25) is 0 Å². The van der Waals surface area contributed by atoms with Gasteiger partial charge in [0.2, 0.25) is 0 Å². The number of hydrogen-bond acceptors (Lipinski definition) is 8. The lowest BCUT2D eigenvalue weighted by molar-refractivity contribution is 0.0971. The van der Waals surface area contributed by atoms with E-state index < -0.39 is 20.2 Å². The third kappa shape index (κ3) is 9.19. The zero-order chi connectivity index (χ0) is 40.3. The molecule has 0 unspecified atom stereocenters. The number of nitrogens with zero attached hydrogens (tertiary/aromatic N) is 3. The molecular formula is C44H44FN3O7S2. The Hall–Kier alpha value is -5.18. The number of anilines is 2. The van der Waals surface area contributed by atoms with Gasteiger partial charge in [0.1, 0.15) is 5.82 Å². The number of Topliss-reactive ketones (excluding diaryl/α,β-unsaturated/α-hetero) is 1. The molecule has 10 nitrogen and oxygen atoms in total. The number of para-hydroxylation sites is 1. The molecule has 3 heterocycles. The maximum atomic E-state index is 13.0. The van der Waals surface area contributed by atoms with Gasteiger partial charge in [0, 0.05) is 57.2 Å². The van der Waals surface area contributed by atoms with Crippen molar-refractivity contribution in [2.75, 3.05) is 49.6 Å². The first-order valence-electron chi connectivity index (χ1n) is 18.8. The van der Waals surface area contributed by atoms with Crippen molar-refractivity contribution in [3.63, 3.8) is 0 Å². The largest absolute Gasteiger partial charge is 0.371 e. The molecule has 296 valence electrons. The average Bonchev–Trinajstić information content (AvgIpc) is 3.52. The monoisotopic (exact) mass is 809 g/mol. The first kappa shape index (κ1) is 40.0. The summed E-state index contributed by atoms with van der Waals surface area (Å²) in [6, 6.07) is 37.0. The fraction of sp³-hybridized carbons (Fsp3) is 0.250. The summed E-state index contributed by atoms with van der Waals surface area (Å²) in [7, 11) is -5.99. The summed E-state index contributed by atoms with van der Waals surface area (Å²) < 4.78 is 74.0. The number of likely N-dealkylation sites (tertiary alicyclic amines) is 1. The van der Waals surface area contributed by atoms with Crippen molar-refractivity contribution in [2.24, 2.45) is 0 Å². The first-order valence-corrected chi connectivity index (χ1v) is 21.7. The normalized spacial score (nSPS) is 17.5. The summed E-state index contributed by atoms with van der Waals surface area (Å²) in [6.07, 6.45) is 2.56. The highest BCUT2D eigenvalue weighted by Gasteiger charge is 2.44. The Morgan fingerprint density at radius 3 is 1.86 bits per heavy atom. The molecule has 0 aromatic heterocycles. The van der Waals surface area contributed by atoms with Gasteiger partial charge in [-0.15, -0.1) is 0 Å². The fourth-order valence-electron chi connectivity index (χ4n) is 8.08. The van der Waals surface area contributed by atoms with Gasteiger partial charge in [0.15, 0.2) is 5.78 Å². The second kappa shape index (κ2) is 16.7. The molecule has 9 rings (SSSR count). The van der Waals surface area contributed by atoms with Gasteiger partial charge in [-0.25, -0.2) is 4.39 Å². The van der Waals surface area contributed by atoms with Crippen LogP contribution in [0, 0.1) is 5.82 Å². The van der Waals surface area contributed by atoms with E-state index >= 15 is 0 Å². The minimum Gasteiger partial charge on any atom is -0.371 e. The molecule has 1 saturated heterocycles. The van der Waals surface area contributed by atoms with Gasteiger partial charge in [-0.05, 0) is 101 Å². The van der Waals surface area contributed by atoms with Crippen molar-refractivity contribution in [3.8, 4) is 0 Å². The average molecular weight is 810 g/mol. The van der Waals surface area contributed by atoms with Crippen LogP contribution < -0.4 is 9.80 Å². The summed E-state index contributed by atoms with van der Waals surface area (Å²) in [6.45, 7) is 5.33. The predicted molar refractivity (Wildman–Crippen MR) is 222 cm³/mol. The zero-order valence-electron chi connectivity index (χ0n) is 31.4. The van der Waals surface area contributed by atoms with Crippen molar-refractivity contribution < 1.29 is 35.1 Å². The van der Waals surface area contributed by atoms with E-state index in [1.54, 1.807) is 36.4 Å². The van der Waals surface area contributed by atoms with Crippen LogP contribution in [0.1, 0.15) is 41.1 Å². The number of rotatable bonds is 7. The van der Waals surface area contributed by atoms with E-state index in [4.69, 9.17) is 9.11 Å². The SMILES string of the molecule is CN1CCN2c3c(cccc31)[C@@H]1CN(CCCC(=O)c3ccc(F)cc3)CC[C@@H]12.O=S(=O)(O)c1ccc2ccccc2c1.O=S(=O)(O)c1ccc2ccccc2c1. The maximum absolute atomic E-state index is 13.0. The molecule has 6 aromatic carbocycles. The number of benzene rings is 6. The maximum Gasteiger partial charge on any atom is 0.294 e. The molecule has 0 amide bonds. The Morgan fingerprint density at radius 2 is 1.28 bits per heavy atom. The van der Waals surface area contributed by atoms with Crippen LogP contribution in [0.4, 0.5) is 15.8 Å². The van der Waals surface area contributed by atoms with E-state index in [0.29, 0.717) is 23.9 Å². The molecule has 0 spiro atoms. The highest BCUT2D eigenvalue weighted by atomic mass is 32.2. The Bertz CT molecular complexity index is 2530. The number of carbonyl (C=O) groups is 1. The highest BCUT2D eigenvalue weighted by Crippen LogP contribution is 2.50. The quantitative estimate of drug-likeness (QED) is 0.120. The molecule has 0 radical (unpaired) electrons. The van der Waals surface area contributed by atoms with Crippen LogP contribution in [0.25, 0.3) is 21.5 Å². The molecule has 3 aliphatic rings. The first-order chi connectivity index (χ1) is 27.3. The lowest BCUT2D eigenvalue weighted by atomic mass is 9.89. The molecule has 6 aromatic rings. The van der Waals surface area contributed by atoms with Gasteiger partial charge in [-0.1, -0.05) is 72.8 Å². The third-order valence-electron chi connectivity index (χ3n) is 11.0. The molecule has 57 heavy (non-hydrogen) atoms. The second-order valence-corrected chi connectivity index (χ2v) is 17.4. The number of ketones is 1. The fourth-order valence-corrected chi connectivity index (χ4v) is 9.11. The summed E-state index contributed by atoms with van der Waals surface area (Å²) in [5.41, 5.74) is 4.95. The molecule has 0 saturated carbocycles.